The Kier molecular flexibility index (Phi) is 2.36. The minimum absolute atomic E-state index is 0.711. The van der Waals surface area contributed by atoms with Gasteiger partial charge in [0.25, 0.3) is 0 Å². The van der Waals surface area contributed by atoms with Crippen molar-refractivity contribution in [3.63, 3.8) is 0 Å². The van der Waals surface area contributed by atoms with E-state index in [1.807, 2.05) is 42.0 Å². The first-order valence-electron chi connectivity index (χ1n) is 4.17. The zero-order valence-electron chi connectivity index (χ0n) is 7.91. The molecule has 0 spiro atoms. The summed E-state index contributed by atoms with van der Waals surface area (Å²) < 4.78 is 3.72. The molecule has 74 valence electrons. The van der Waals surface area contributed by atoms with Crippen molar-refractivity contribution in [1.82, 2.24) is 9.66 Å². The van der Waals surface area contributed by atoms with E-state index in [0.29, 0.717) is 4.77 Å². The van der Waals surface area contributed by atoms with Gasteiger partial charge in [0, 0.05) is 18.6 Å². The second kappa shape index (κ2) is 3.40. The Morgan fingerprint density at radius 1 is 1.43 bits per heavy atom. The van der Waals surface area contributed by atoms with Crippen LogP contribution in [0.4, 0.5) is 0 Å². The van der Waals surface area contributed by atoms with Crippen LogP contribution in [0.3, 0.4) is 0 Å². The first-order chi connectivity index (χ1) is 6.59. The average molecular weight is 272 g/mol. The fourth-order valence-corrected chi connectivity index (χ4v) is 2.18. The fraction of sp³-hybridized carbons (Fsp3) is 0.222. The number of nitrogens with one attached hydrogen (secondary N) is 1. The number of fused-ring (bicyclic) bond motifs is 1. The lowest BCUT2D eigenvalue weighted by Crippen LogP contribution is -2.24. The van der Waals surface area contributed by atoms with Crippen LogP contribution in [0, 0.1) is 4.77 Å². The van der Waals surface area contributed by atoms with Crippen LogP contribution in [0.15, 0.2) is 22.7 Å². The summed E-state index contributed by atoms with van der Waals surface area (Å²) in [6.07, 6.45) is 0. The van der Waals surface area contributed by atoms with E-state index in [0.717, 1.165) is 15.5 Å². The zero-order valence-corrected chi connectivity index (χ0v) is 10.3. The number of hydrogen-bond acceptors (Lipinski definition) is 2. The van der Waals surface area contributed by atoms with Crippen LogP contribution in [0.5, 0.6) is 0 Å². The minimum atomic E-state index is 0.711. The smallest absolute Gasteiger partial charge is 0.197 e. The average Bonchev–Trinajstić information content (AvgIpc) is 2.40. The van der Waals surface area contributed by atoms with Gasteiger partial charge in [-0.15, -0.1) is 0 Å². The first kappa shape index (κ1) is 9.73. The lowest BCUT2D eigenvalue weighted by molar-refractivity contribution is 0.742. The summed E-state index contributed by atoms with van der Waals surface area (Å²) in [5, 5.41) is 1.95. The van der Waals surface area contributed by atoms with Crippen LogP contribution < -0.4 is 5.01 Å². The van der Waals surface area contributed by atoms with Crippen molar-refractivity contribution in [3.05, 3.63) is 27.4 Å². The monoisotopic (exact) mass is 271 g/mol. The number of aromatic amines is 1. The molecule has 0 fully saturated rings. The Hall–Kier alpha value is -0.810. The quantitative estimate of drug-likeness (QED) is 0.807. The maximum Gasteiger partial charge on any atom is 0.197 e. The molecule has 5 heteroatoms. The number of hydrogen-bond donors (Lipinski definition) is 1. The summed E-state index contributed by atoms with van der Waals surface area (Å²) in [7, 11) is 3.92. The Morgan fingerprint density at radius 3 is 2.79 bits per heavy atom. The molecule has 0 aliphatic rings. The van der Waals surface area contributed by atoms with E-state index in [9.17, 15) is 0 Å². The molecular formula is C9H10BrN3S. The normalized spacial score (nSPS) is 10.8. The predicted molar refractivity (Wildman–Crippen MR) is 64.9 cm³/mol. The Morgan fingerprint density at radius 2 is 2.14 bits per heavy atom. The van der Waals surface area contributed by atoms with Crippen LogP contribution in [-0.4, -0.2) is 23.8 Å². The second-order valence-corrected chi connectivity index (χ2v) is 4.55. The highest BCUT2D eigenvalue weighted by Gasteiger charge is 2.05. The summed E-state index contributed by atoms with van der Waals surface area (Å²) in [5.74, 6) is 0. The molecule has 0 radical (unpaired) electrons. The molecule has 0 atom stereocenters. The largest absolute Gasteiger partial charge is 0.329 e. The molecular weight excluding hydrogens is 262 g/mol. The van der Waals surface area contributed by atoms with E-state index in [1.165, 1.54) is 0 Å². The molecule has 1 heterocycles. The van der Waals surface area contributed by atoms with E-state index in [1.54, 1.807) is 0 Å². The highest BCUT2D eigenvalue weighted by Crippen LogP contribution is 2.19. The molecule has 14 heavy (non-hydrogen) atoms. The minimum Gasteiger partial charge on any atom is -0.329 e. The van der Waals surface area contributed by atoms with Gasteiger partial charge in [0.2, 0.25) is 0 Å². The molecule has 1 aromatic heterocycles. The van der Waals surface area contributed by atoms with Crippen molar-refractivity contribution in [3.8, 4) is 0 Å². The molecule has 3 nitrogen and oxygen atoms in total. The molecule has 0 saturated heterocycles. The van der Waals surface area contributed by atoms with Gasteiger partial charge in [0.1, 0.15) is 0 Å². The SMILES string of the molecule is CN(C)n1c(=S)[nH]c2ccc(Br)cc21. The molecule has 0 unspecified atom stereocenters. The van der Waals surface area contributed by atoms with Crippen LogP contribution in [0.2, 0.25) is 0 Å². The van der Waals surface area contributed by atoms with Gasteiger partial charge in [-0.2, -0.15) is 0 Å². The van der Waals surface area contributed by atoms with E-state index < -0.39 is 0 Å². The van der Waals surface area contributed by atoms with Crippen molar-refractivity contribution in [2.24, 2.45) is 0 Å². The zero-order chi connectivity index (χ0) is 10.3. The molecule has 0 amide bonds. The van der Waals surface area contributed by atoms with Crippen LogP contribution in [0.1, 0.15) is 0 Å². The highest BCUT2D eigenvalue weighted by molar-refractivity contribution is 9.10. The van der Waals surface area contributed by atoms with E-state index in [4.69, 9.17) is 12.2 Å². The Bertz CT molecular complexity index is 526. The van der Waals surface area contributed by atoms with Crippen molar-refractivity contribution in [2.75, 3.05) is 19.1 Å². The van der Waals surface area contributed by atoms with Crippen LogP contribution >= 0.6 is 28.1 Å². The maximum atomic E-state index is 5.22. The lowest BCUT2D eigenvalue weighted by atomic mass is 10.3. The van der Waals surface area contributed by atoms with Crippen molar-refractivity contribution < 1.29 is 0 Å². The topological polar surface area (TPSA) is 24.0 Å². The van der Waals surface area contributed by atoms with Gasteiger partial charge >= 0.3 is 0 Å². The summed E-state index contributed by atoms with van der Waals surface area (Å²) in [6.45, 7) is 0. The number of imidazole rings is 1. The van der Waals surface area contributed by atoms with Crippen molar-refractivity contribution in [2.45, 2.75) is 0 Å². The summed E-state index contributed by atoms with van der Waals surface area (Å²) in [6, 6.07) is 6.05. The number of nitrogens with zero attached hydrogens (tertiary/aromatic N) is 2. The third-order valence-corrected chi connectivity index (χ3v) is 2.79. The summed E-state index contributed by atoms with van der Waals surface area (Å²) in [5.41, 5.74) is 2.13. The number of benzene rings is 1. The third kappa shape index (κ3) is 1.46. The van der Waals surface area contributed by atoms with Crippen molar-refractivity contribution in [1.29, 1.82) is 0 Å². The van der Waals surface area contributed by atoms with Gasteiger partial charge in [-0.1, -0.05) is 15.9 Å². The number of rotatable bonds is 1. The van der Waals surface area contributed by atoms with Gasteiger partial charge in [0.05, 0.1) is 11.0 Å². The Labute approximate surface area is 95.4 Å². The van der Waals surface area contributed by atoms with Crippen LogP contribution in [0.25, 0.3) is 11.0 Å². The highest BCUT2D eigenvalue weighted by atomic mass is 79.9. The van der Waals surface area contributed by atoms with E-state index in [2.05, 4.69) is 20.9 Å². The molecule has 1 N–H and O–H groups in total. The fourth-order valence-electron chi connectivity index (χ4n) is 1.46. The second-order valence-electron chi connectivity index (χ2n) is 3.25. The Balaban J connectivity index is 2.86. The summed E-state index contributed by atoms with van der Waals surface area (Å²) in [4.78, 5) is 3.15. The van der Waals surface area contributed by atoms with E-state index in [-0.39, 0.29) is 0 Å². The van der Waals surface area contributed by atoms with E-state index >= 15 is 0 Å². The maximum absolute atomic E-state index is 5.22. The molecule has 2 aromatic rings. The van der Waals surface area contributed by atoms with Gasteiger partial charge in [-0.25, -0.2) is 4.68 Å². The standard InChI is InChI=1S/C9H10BrN3S/c1-12(2)13-8-5-6(10)3-4-7(8)11-9(13)14/h3-5H,1-2H3,(H,11,14). The molecule has 0 aliphatic heterocycles. The molecule has 0 bridgehead atoms. The third-order valence-electron chi connectivity index (χ3n) is 2.02. The van der Waals surface area contributed by atoms with Gasteiger partial charge in [0.15, 0.2) is 4.77 Å². The van der Waals surface area contributed by atoms with Crippen molar-refractivity contribution >= 4 is 39.2 Å². The molecule has 0 aliphatic carbocycles. The molecule has 1 aromatic carbocycles. The number of aromatic nitrogens is 2. The number of H-pyrrole nitrogens is 1. The van der Waals surface area contributed by atoms with Gasteiger partial charge in [-0.3, -0.25) is 0 Å². The number of halogens is 1. The van der Waals surface area contributed by atoms with Crippen LogP contribution in [-0.2, 0) is 0 Å². The lowest BCUT2D eigenvalue weighted by Gasteiger charge is -2.14. The molecule has 2 rings (SSSR count). The molecule has 0 saturated carbocycles. The van der Waals surface area contributed by atoms with Gasteiger partial charge in [-0.05, 0) is 30.4 Å². The predicted octanol–water partition coefficient (Wildman–Crippen LogP) is 2.66. The first-order valence-corrected chi connectivity index (χ1v) is 5.37. The van der Waals surface area contributed by atoms with Gasteiger partial charge < -0.3 is 9.99 Å². The summed E-state index contributed by atoms with van der Waals surface area (Å²) >= 11 is 8.67.